The average molecular weight is 425 g/mol. The number of carbonyl (C=O) groups is 1. The Morgan fingerprint density at radius 2 is 2.08 bits per heavy atom. The predicted molar refractivity (Wildman–Crippen MR) is 92.6 cm³/mol. The van der Waals surface area contributed by atoms with E-state index in [0.717, 1.165) is 23.9 Å². The van der Waals surface area contributed by atoms with Crippen LogP contribution in [-0.2, 0) is 14.8 Å². The third-order valence-corrected chi connectivity index (χ3v) is 5.03. The number of rotatable bonds is 4. The predicted octanol–water partition coefficient (Wildman–Crippen LogP) is 3.26. The fourth-order valence-electron chi connectivity index (χ4n) is 1.68. The van der Waals surface area contributed by atoms with Gasteiger partial charge in [0, 0.05) is 17.6 Å². The van der Waals surface area contributed by atoms with E-state index in [9.17, 15) is 22.8 Å². The highest BCUT2D eigenvalue weighted by Crippen LogP contribution is 2.32. The van der Waals surface area contributed by atoms with Crippen LogP contribution in [0.15, 0.2) is 23.4 Å². The van der Waals surface area contributed by atoms with Crippen LogP contribution in [0.5, 0.6) is 0 Å². The van der Waals surface area contributed by atoms with Gasteiger partial charge >= 0.3 is 6.09 Å². The Kier molecular flexibility index (Phi) is 5.70. The van der Waals surface area contributed by atoms with Crippen LogP contribution in [0.2, 0.25) is 5.02 Å². The highest BCUT2D eigenvalue weighted by molar-refractivity contribution is 7.93. The molecule has 13 heteroatoms. The van der Waals surface area contributed by atoms with Gasteiger partial charge in [0.05, 0.1) is 10.7 Å². The van der Waals surface area contributed by atoms with Crippen LogP contribution < -0.4 is 9.79 Å². The molecule has 0 aliphatic heterocycles. The number of nitrogens with zero attached hydrogens (tertiary/aromatic N) is 3. The molecular weight excluding hydrogens is 411 g/mol. The van der Waals surface area contributed by atoms with Crippen molar-refractivity contribution in [2.75, 3.05) is 9.79 Å². The number of hydroxylamine groups is 1. The fourth-order valence-corrected chi connectivity index (χ4v) is 3.73. The zero-order valence-electron chi connectivity index (χ0n) is 13.7. The molecule has 9 nitrogen and oxygen atoms in total. The first-order valence-electron chi connectivity index (χ1n) is 6.91. The number of amides is 1. The number of ether oxygens (including phenoxy) is 1. The topological polar surface area (TPSA) is 122 Å². The van der Waals surface area contributed by atoms with E-state index in [0.29, 0.717) is 6.07 Å². The van der Waals surface area contributed by atoms with Crippen LogP contribution in [0.1, 0.15) is 20.8 Å². The maximum atomic E-state index is 14.3. The van der Waals surface area contributed by atoms with Crippen LogP contribution in [-0.4, -0.2) is 34.7 Å². The standard InChI is InChI=1S/C13H14ClFN4O5S2/c1-13(2,3)24-12(20)19(21)9-5-8(15)10(4-7(9)14)26(22,23)18-11-16-6-17-25-11/h4-6,21H,1-3H3,(H,16,17,18). The van der Waals surface area contributed by atoms with E-state index in [1.807, 2.05) is 4.72 Å². The van der Waals surface area contributed by atoms with Gasteiger partial charge in [-0.25, -0.2) is 22.6 Å². The summed E-state index contributed by atoms with van der Waals surface area (Å²) in [5.41, 5.74) is -1.40. The number of halogens is 2. The van der Waals surface area contributed by atoms with Crippen LogP contribution in [0.25, 0.3) is 0 Å². The molecule has 0 saturated heterocycles. The van der Waals surface area contributed by atoms with Gasteiger partial charge in [-0.05, 0) is 26.8 Å². The molecule has 2 rings (SSSR count). The van der Waals surface area contributed by atoms with Crippen molar-refractivity contribution in [2.45, 2.75) is 31.3 Å². The van der Waals surface area contributed by atoms with Crippen LogP contribution >= 0.6 is 23.1 Å². The molecule has 0 saturated carbocycles. The highest BCUT2D eigenvalue weighted by atomic mass is 35.5. The van der Waals surface area contributed by atoms with E-state index < -0.39 is 43.1 Å². The molecule has 1 aromatic carbocycles. The van der Waals surface area contributed by atoms with Crippen molar-refractivity contribution < 1.29 is 27.5 Å². The van der Waals surface area contributed by atoms with Crippen LogP contribution in [0.3, 0.4) is 0 Å². The second-order valence-corrected chi connectivity index (χ2v) is 8.72. The molecule has 0 bridgehead atoms. The van der Waals surface area contributed by atoms with Crippen molar-refractivity contribution in [3.63, 3.8) is 0 Å². The van der Waals surface area contributed by atoms with E-state index in [1.165, 1.54) is 0 Å². The quantitative estimate of drug-likeness (QED) is 0.570. The lowest BCUT2D eigenvalue weighted by Gasteiger charge is -2.24. The number of hydrogen-bond acceptors (Lipinski definition) is 8. The van der Waals surface area contributed by atoms with Gasteiger partial charge in [-0.3, -0.25) is 9.93 Å². The van der Waals surface area contributed by atoms with Crippen molar-refractivity contribution in [2.24, 2.45) is 0 Å². The number of anilines is 2. The zero-order chi connectivity index (χ0) is 19.7. The number of benzene rings is 1. The first-order valence-corrected chi connectivity index (χ1v) is 9.55. The third-order valence-electron chi connectivity index (χ3n) is 2.67. The third kappa shape index (κ3) is 4.78. The van der Waals surface area contributed by atoms with E-state index in [-0.39, 0.29) is 10.2 Å². The summed E-state index contributed by atoms with van der Waals surface area (Å²) in [5.74, 6) is -1.25. The number of sulfonamides is 1. The molecule has 1 amide bonds. The summed E-state index contributed by atoms with van der Waals surface area (Å²) >= 11 is 6.66. The summed E-state index contributed by atoms with van der Waals surface area (Å²) < 4.78 is 49.4. The molecule has 0 atom stereocenters. The minimum Gasteiger partial charge on any atom is -0.442 e. The van der Waals surface area contributed by atoms with Gasteiger partial charge in [-0.15, -0.1) is 0 Å². The molecule has 2 N–H and O–H groups in total. The Balaban J connectivity index is 2.34. The van der Waals surface area contributed by atoms with Crippen molar-refractivity contribution in [1.29, 1.82) is 0 Å². The summed E-state index contributed by atoms with van der Waals surface area (Å²) in [7, 11) is -4.35. The minimum atomic E-state index is -4.35. The number of nitrogens with one attached hydrogen (secondary N) is 1. The van der Waals surface area contributed by atoms with E-state index in [1.54, 1.807) is 20.8 Å². The van der Waals surface area contributed by atoms with Gasteiger partial charge < -0.3 is 4.74 Å². The summed E-state index contributed by atoms with van der Waals surface area (Å²) in [6.45, 7) is 4.70. The molecule has 0 radical (unpaired) electrons. The molecule has 2 aromatic rings. The molecule has 142 valence electrons. The lowest BCUT2D eigenvalue weighted by Crippen LogP contribution is -2.34. The first kappa shape index (κ1) is 20.3. The summed E-state index contributed by atoms with van der Waals surface area (Å²) in [4.78, 5) is 14.7. The van der Waals surface area contributed by atoms with Gasteiger partial charge in [-0.2, -0.15) is 9.44 Å². The molecule has 26 heavy (non-hydrogen) atoms. The average Bonchev–Trinajstić information content (AvgIpc) is 2.98. The largest absolute Gasteiger partial charge is 0.442 e. The second-order valence-electron chi connectivity index (χ2n) is 5.88. The van der Waals surface area contributed by atoms with E-state index in [2.05, 4.69) is 9.36 Å². The van der Waals surface area contributed by atoms with Crippen molar-refractivity contribution >= 4 is 50.1 Å². The second kappa shape index (κ2) is 7.31. The molecule has 0 fully saturated rings. The highest BCUT2D eigenvalue weighted by Gasteiger charge is 2.28. The lowest BCUT2D eigenvalue weighted by molar-refractivity contribution is 0.0406. The lowest BCUT2D eigenvalue weighted by atomic mass is 10.2. The Morgan fingerprint density at radius 1 is 1.42 bits per heavy atom. The summed E-state index contributed by atoms with van der Waals surface area (Å²) in [6, 6.07) is 1.35. The number of aromatic nitrogens is 2. The van der Waals surface area contributed by atoms with E-state index >= 15 is 0 Å². The maximum Gasteiger partial charge on any atom is 0.439 e. The van der Waals surface area contributed by atoms with Gasteiger partial charge in [0.2, 0.25) is 5.13 Å². The van der Waals surface area contributed by atoms with E-state index in [4.69, 9.17) is 16.3 Å². The fraction of sp³-hybridized carbons (Fsp3) is 0.308. The zero-order valence-corrected chi connectivity index (χ0v) is 16.1. The Bertz CT molecular complexity index is 915. The Labute approximate surface area is 157 Å². The summed E-state index contributed by atoms with van der Waals surface area (Å²) in [5, 5.41) is 9.42. The number of carbonyl (C=O) groups excluding carboxylic acids is 1. The van der Waals surface area contributed by atoms with Gasteiger partial charge in [0.25, 0.3) is 10.0 Å². The Morgan fingerprint density at radius 3 is 2.62 bits per heavy atom. The van der Waals surface area contributed by atoms with Crippen molar-refractivity contribution in [3.05, 3.63) is 29.3 Å². The van der Waals surface area contributed by atoms with Gasteiger partial charge in [0.1, 0.15) is 22.6 Å². The molecular formula is C13H14ClFN4O5S2. The molecule has 1 heterocycles. The molecule has 0 spiro atoms. The molecule has 0 aliphatic carbocycles. The SMILES string of the molecule is CC(C)(C)OC(=O)N(O)c1cc(F)c(S(=O)(=O)Nc2ncns2)cc1Cl. The monoisotopic (exact) mass is 424 g/mol. The maximum absolute atomic E-state index is 14.3. The number of hydrogen-bond donors (Lipinski definition) is 2. The van der Waals surface area contributed by atoms with Gasteiger partial charge in [0.15, 0.2) is 0 Å². The smallest absolute Gasteiger partial charge is 0.439 e. The minimum absolute atomic E-state index is 0.00869. The first-order chi connectivity index (χ1) is 11.9. The molecule has 0 unspecified atom stereocenters. The normalized spacial score (nSPS) is 11.9. The van der Waals surface area contributed by atoms with Gasteiger partial charge in [-0.1, -0.05) is 11.6 Å². The van der Waals surface area contributed by atoms with Crippen molar-refractivity contribution in [3.8, 4) is 0 Å². The van der Waals surface area contributed by atoms with Crippen LogP contribution in [0, 0.1) is 5.82 Å². The summed E-state index contributed by atoms with van der Waals surface area (Å²) in [6.07, 6.45) is -0.0826. The van der Waals surface area contributed by atoms with Crippen LogP contribution in [0.4, 0.5) is 20.0 Å². The Hall–Kier alpha value is -2.02. The van der Waals surface area contributed by atoms with Crippen molar-refractivity contribution in [1.82, 2.24) is 9.36 Å². The molecule has 1 aromatic heterocycles. The molecule has 0 aliphatic rings.